The molecule has 1 saturated heterocycles. The molecule has 1 N–H and O–H groups in total. The van der Waals surface area contributed by atoms with Gasteiger partial charge in [0.25, 0.3) is 0 Å². The standard InChI is InChI=1S/C12H18N2O2S/c1-10(13-2)11-4-6-12(7-5-11)14-8-3-9-17(14,15)16/h4-7,10,13H,3,8-9H2,1-2H3. The van der Waals surface area contributed by atoms with Crippen LogP contribution in [0.3, 0.4) is 0 Å². The molecule has 17 heavy (non-hydrogen) atoms. The predicted molar refractivity (Wildman–Crippen MR) is 69.7 cm³/mol. The third-order valence-corrected chi connectivity index (χ3v) is 5.08. The van der Waals surface area contributed by atoms with Gasteiger partial charge in [-0.3, -0.25) is 4.31 Å². The normalized spacial score (nSPS) is 20.5. The molecule has 2 rings (SSSR count). The van der Waals surface area contributed by atoms with Crippen molar-refractivity contribution in [3.8, 4) is 0 Å². The molecule has 1 heterocycles. The van der Waals surface area contributed by atoms with Crippen LogP contribution in [0.4, 0.5) is 5.69 Å². The van der Waals surface area contributed by atoms with Crippen molar-refractivity contribution in [3.63, 3.8) is 0 Å². The molecule has 1 atom stereocenters. The summed E-state index contributed by atoms with van der Waals surface area (Å²) in [7, 11) is -1.15. The lowest BCUT2D eigenvalue weighted by Gasteiger charge is -2.18. The van der Waals surface area contributed by atoms with Crippen molar-refractivity contribution in [2.24, 2.45) is 0 Å². The Hall–Kier alpha value is -1.07. The van der Waals surface area contributed by atoms with Gasteiger partial charge in [-0.1, -0.05) is 12.1 Å². The Morgan fingerprint density at radius 2 is 1.94 bits per heavy atom. The van der Waals surface area contributed by atoms with E-state index in [4.69, 9.17) is 0 Å². The molecule has 0 spiro atoms. The topological polar surface area (TPSA) is 49.4 Å². The number of anilines is 1. The van der Waals surface area contributed by atoms with Crippen molar-refractivity contribution in [3.05, 3.63) is 29.8 Å². The van der Waals surface area contributed by atoms with E-state index in [1.54, 1.807) is 0 Å². The van der Waals surface area contributed by atoms with Crippen LogP contribution in [0.5, 0.6) is 0 Å². The third-order valence-electron chi connectivity index (χ3n) is 3.21. The summed E-state index contributed by atoms with van der Waals surface area (Å²) < 4.78 is 25.0. The van der Waals surface area contributed by atoms with Gasteiger partial charge in [0.05, 0.1) is 11.4 Å². The van der Waals surface area contributed by atoms with Crippen molar-refractivity contribution < 1.29 is 8.42 Å². The Bertz CT molecular complexity index is 482. The number of rotatable bonds is 3. The first-order valence-electron chi connectivity index (χ1n) is 5.82. The molecule has 1 aromatic carbocycles. The number of hydrogen-bond acceptors (Lipinski definition) is 3. The van der Waals surface area contributed by atoms with Gasteiger partial charge in [0, 0.05) is 12.6 Å². The van der Waals surface area contributed by atoms with Crippen LogP contribution < -0.4 is 9.62 Å². The van der Waals surface area contributed by atoms with Crippen molar-refractivity contribution in [1.29, 1.82) is 0 Å². The summed E-state index contributed by atoms with van der Waals surface area (Å²) in [5.41, 5.74) is 1.93. The van der Waals surface area contributed by atoms with Crippen LogP contribution in [-0.2, 0) is 10.0 Å². The maximum absolute atomic E-state index is 11.8. The summed E-state index contributed by atoms with van der Waals surface area (Å²) in [4.78, 5) is 0. The van der Waals surface area contributed by atoms with Crippen LogP contribution in [0.25, 0.3) is 0 Å². The lowest BCUT2D eigenvalue weighted by molar-refractivity contribution is 0.599. The third kappa shape index (κ3) is 2.45. The second kappa shape index (κ2) is 4.66. The average molecular weight is 254 g/mol. The van der Waals surface area contributed by atoms with Gasteiger partial charge in [0.2, 0.25) is 10.0 Å². The van der Waals surface area contributed by atoms with Crippen molar-refractivity contribution in [2.75, 3.05) is 23.7 Å². The lowest BCUT2D eigenvalue weighted by atomic mass is 10.1. The molecule has 0 amide bonds. The highest BCUT2D eigenvalue weighted by Gasteiger charge is 2.28. The Kier molecular flexibility index (Phi) is 3.40. The smallest absolute Gasteiger partial charge is 0.235 e. The Labute approximate surface area is 103 Å². The Morgan fingerprint density at radius 1 is 1.29 bits per heavy atom. The zero-order valence-electron chi connectivity index (χ0n) is 10.2. The van der Waals surface area contributed by atoms with E-state index in [9.17, 15) is 8.42 Å². The van der Waals surface area contributed by atoms with Crippen LogP contribution in [0.2, 0.25) is 0 Å². The van der Waals surface area contributed by atoms with E-state index in [0.717, 1.165) is 17.7 Å². The highest BCUT2D eigenvalue weighted by Crippen LogP contribution is 2.25. The number of sulfonamides is 1. The van der Waals surface area contributed by atoms with Gasteiger partial charge in [-0.25, -0.2) is 8.42 Å². The molecular formula is C12H18N2O2S. The molecule has 94 valence electrons. The summed E-state index contributed by atoms with van der Waals surface area (Å²) in [6.07, 6.45) is 0.719. The fourth-order valence-electron chi connectivity index (χ4n) is 2.03. The van der Waals surface area contributed by atoms with E-state index in [1.165, 1.54) is 4.31 Å². The van der Waals surface area contributed by atoms with E-state index in [1.807, 2.05) is 31.3 Å². The molecule has 0 bridgehead atoms. The van der Waals surface area contributed by atoms with Crippen molar-refractivity contribution in [2.45, 2.75) is 19.4 Å². The highest BCUT2D eigenvalue weighted by atomic mass is 32.2. The monoisotopic (exact) mass is 254 g/mol. The van der Waals surface area contributed by atoms with Gasteiger partial charge in [-0.05, 0) is 38.1 Å². The zero-order valence-corrected chi connectivity index (χ0v) is 11.0. The first kappa shape index (κ1) is 12.4. The fraction of sp³-hybridized carbons (Fsp3) is 0.500. The second-order valence-electron chi connectivity index (χ2n) is 4.34. The molecule has 1 fully saturated rings. The molecule has 1 unspecified atom stereocenters. The Balaban J connectivity index is 2.24. The maximum Gasteiger partial charge on any atom is 0.235 e. The van der Waals surface area contributed by atoms with Gasteiger partial charge >= 0.3 is 0 Å². The fourth-order valence-corrected chi connectivity index (χ4v) is 3.59. The van der Waals surface area contributed by atoms with Crippen LogP contribution in [0, 0.1) is 0 Å². The number of nitrogens with zero attached hydrogens (tertiary/aromatic N) is 1. The van der Waals surface area contributed by atoms with Crippen molar-refractivity contribution in [1.82, 2.24) is 5.32 Å². The van der Waals surface area contributed by atoms with E-state index in [-0.39, 0.29) is 11.8 Å². The molecule has 5 heteroatoms. The van der Waals surface area contributed by atoms with Crippen LogP contribution in [0.15, 0.2) is 24.3 Å². The number of nitrogens with one attached hydrogen (secondary N) is 1. The first-order chi connectivity index (χ1) is 8.04. The molecule has 0 aliphatic carbocycles. The lowest BCUT2D eigenvalue weighted by Crippen LogP contribution is -2.25. The average Bonchev–Trinajstić information content (AvgIpc) is 2.68. The number of benzene rings is 1. The minimum absolute atomic E-state index is 0.266. The highest BCUT2D eigenvalue weighted by molar-refractivity contribution is 7.93. The van der Waals surface area contributed by atoms with E-state index >= 15 is 0 Å². The number of hydrogen-bond donors (Lipinski definition) is 1. The first-order valence-corrected chi connectivity index (χ1v) is 7.43. The van der Waals surface area contributed by atoms with Gasteiger partial charge in [-0.2, -0.15) is 0 Å². The second-order valence-corrected chi connectivity index (χ2v) is 6.36. The molecule has 0 saturated carbocycles. The minimum atomic E-state index is -3.06. The zero-order chi connectivity index (χ0) is 12.5. The largest absolute Gasteiger partial charge is 0.313 e. The van der Waals surface area contributed by atoms with E-state index in [2.05, 4.69) is 12.2 Å². The quantitative estimate of drug-likeness (QED) is 0.889. The molecule has 1 aliphatic rings. The Morgan fingerprint density at radius 3 is 2.41 bits per heavy atom. The van der Waals surface area contributed by atoms with Crippen LogP contribution >= 0.6 is 0 Å². The maximum atomic E-state index is 11.8. The minimum Gasteiger partial charge on any atom is -0.313 e. The molecule has 1 aromatic rings. The molecular weight excluding hydrogens is 236 g/mol. The van der Waals surface area contributed by atoms with Gasteiger partial charge in [0.15, 0.2) is 0 Å². The SMILES string of the molecule is CNC(C)c1ccc(N2CCCS2(=O)=O)cc1. The van der Waals surface area contributed by atoms with Gasteiger partial charge in [-0.15, -0.1) is 0 Å². The van der Waals surface area contributed by atoms with Gasteiger partial charge < -0.3 is 5.32 Å². The van der Waals surface area contributed by atoms with E-state index < -0.39 is 10.0 Å². The van der Waals surface area contributed by atoms with Crippen LogP contribution in [-0.4, -0.2) is 27.8 Å². The molecule has 4 nitrogen and oxygen atoms in total. The summed E-state index contributed by atoms with van der Waals surface area (Å²) in [5.74, 6) is 0.266. The predicted octanol–water partition coefficient (Wildman–Crippen LogP) is 1.51. The van der Waals surface area contributed by atoms with Gasteiger partial charge in [0.1, 0.15) is 0 Å². The summed E-state index contributed by atoms with van der Waals surface area (Å²) in [6.45, 7) is 2.67. The molecule has 0 radical (unpaired) electrons. The van der Waals surface area contributed by atoms with Crippen molar-refractivity contribution >= 4 is 15.7 Å². The molecule has 1 aliphatic heterocycles. The summed E-state index contributed by atoms with van der Waals surface area (Å²) in [6, 6.07) is 7.99. The molecule has 0 aromatic heterocycles. The summed E-state index contributed by atoms with van der Waals surface area (Å²) in [5, 5.41) is 3.15. The van der Waals surface area contributed by atoms with E-state index in [0.29, 0.717) is 6.54 Å². The van der Waals surface area contributed by atoms with Crippen LogP contribution in [0.1, 0.15) is 24.9 Å². The summed E-state index contributed by atoms with van der Waals surface area (Å²) >= 11 is 0.